The number of methoxy groups -OCH3 is 1. The third kappa shape index (κ3) is 3.30. The zero-order valence-corrected chi connectivity index (χ0v) is 10.4. The van der Waals surface area contributed by atoms with Crippen molar-refractivity contribution >= 4 is 0 Å². The Balaban J connectivity index is 2.69. The summed E-state index contributed by atoms with van der Waals surface area (Å²) in [5, 5.41) is 4.42. The molecule has 0 spiro atoms. The van der Waals surface area contributed by atoms with Crippen LogP contribution in [0.4, 0.5) is 0 Å². The third-order valence-electron chi connectivity index (χ3n) is 2.69. The molecule has 0 fully saturated rings. The predicted octanol–water partition coefficient (Wildman–Crippen LogP) is 0.914. The molecule has 1 rings (SSSR count). The Labute approximate surface area is 96.9 Å². The molecule has 0 saturated heterocycles. The van der Waals surface area contributed by atoms with Crippen molar-refractivity contribution in [2.75, 3.05) is 13.7 Å². The maximum Gasteiger partial charge on any atom is 0.0670 e. The second kappa shape index (κ2) is 6.62. The van der Waals surface area contributed by atoms with E-state index in [1.807, 2.05) is 17.9 Å². The minimum absolute atomic E-state index is 0.166. The largest absolute Gasteiger partial charge is 0.385 e. The van der Waals surface area contributed by atoms with E-state index in [0.29, 0.717) is 0 Å². The molecule has 1 unspecified atom stereocenters. The van der Waals surface area contributed by atoms with Crippen LogP contribution in [0.5, 0.6) is 0 Å². The van der Waals surface area contributed by atoms with E-state index in [0.717, 1.165) is 31.6 Å². The molecule has 1 atom stereocenters. The zero-order chi connectivity index (χ0) is 12.0. The van der Waals surface area contributed by atoms with Crippen molar-refractivity contribution in [3.8, 4) is 0 Å². The second-order valence-electron chi connectivity index (χ2n) is 3.91. The van der Waals surface area contributed by atoms with Crippen LogP contribution >= 0.6 is 0 Å². The lowest BCUT2D eigenvalue weighted by Crippen LogP contribution is -2.28. The van der Waals surface area contributed by atoms with Crippen LogP contribution in [-0.4, -0.2) is 23.5 Å². The molecule has 0 aromatic carbocycles. The van der Waals surface area contributed by atoms with E-state index in [-0.39, 0.29) is 6.04 Å². The number of nitrogens with two attached hydrogens (primary N) is 1. The van der Waals surface area contributed by atoms with Crippen molar-refractivity contribution in [1.82, 2.24) is 15.2 Å². The molecule has 1 heterocycles. The number of hydrogen-bond donors (Lipinski definition) is 2. The average molecular weight is 226 g/mol. The fraction of sp³-hybridized carbons (Fsp3) is 0.727. The van der Waals surface area contributed by atoms with Crippen molar-refractivity contribution < 1.29 is 4.74 Å². The minimum Gasteiger partial charge on any atom is -0.385 e. The molecule has 92 valence electrons. The zero-order valence-electron chi connectivity index (χ0n) is 10.4. The normalized spacial score (nSPS) is 13.0. The highest BCUT2D eigenvalue weighted by atomic mass is 16.5. The fourth-order valence-electron chi connectivity index (χ4n) is 1.88. The Hall–Kier alpha value is -0.910. The Bertz CT molecular complexity index is 311. The van der Waals surface area contributed by atoms with Crippen molar-refractivity contribution in [3.05, 3.63) is 17.5 Å². The molecule has 1 aromatic rings. The van der Waals surface area contributed by atoms with E-state index in [9.17, 15) is 0 Å². The third-order valence-corrected chi connectivity index (χ3v) is 2.69. The summed E-state index contributed by atoms with van der Waals surface area (Å²) in [6.45, 7) is 2.87. The maximum atomic E-state index is 5.59. The van der Waals surface area contributed by atoms with Crippen LogP contribution in [0.2, 0.25) is 0 Å². The van der Waals surface area contributed by atoms with Gasteiger partial charge in [0.1, 0.15) is 0 Å². The molecule has 0 aliphatic heterocycles. The minimum atomic E-state index is 0.166. The van der Waals surface area contributed by atoms with Gasteiger partial charge in [0, 0.05) is 38.6 Å². The molecule has 0 radical (unpaired) electrons. The number of nitrogens with one attached hydrogen (secondary N) is 1. The van der Waals surface area contributed by atoms with Crippen LogP contribution in [0, 0.1) is 0 Å². The lowest BCUT2D eigenvalue weighted by Gasteiger charge is -2.15. The summed E-state index contributed by atoms with van der Waals surface area (Å²) < 4.78 is 6.89. The van der Waals surface area contributed by atoms with Gasteiger partial charge >= 0.3 is 0 Å². The van der Waals surface area contributed by atoms with Gasteiger partial charge in [-0.15, -0.1) is 0 Å². The smallest absolute Gasteiger partial charge is 0.0670 e. The summed E-state index contributed by atoms with van der Waals surface area (Å²) >= 11 is 0. The van der Waals surface area contributed by atoms with Gasteiger partial charge in [0.25, 0.3) is 0 Å². The van der Waals surface area contributed by atoms with Crippen LogP contribution in [0.25, 0.3) is 0 Å². The number of rotatable bonds is 7. The molecule has 0 aliphatic rings. The first kappa shape index (κ1) is 13.2. The average Bonchev–Trinajstić information content (AvgIpc) is 2.66. The molecular weight excluding hydrogens is 204 g/mol. The lowest BCUT2D eigenvalue weighted by molar-refractivity contribution is 0.188. The van der Waals surface area contributed by atoms with Crippen molar-refractivity contribution in [2.24, 2.45) is 12.9 Å². The monoisotopic (exact) mass is 226 g/mol. The fourth-order valence-corrected chi connectivity index (χ4v) is 1.88. The van der Waals surface area contributed by atoms with Crippen molar-refractivity contribution in [2.45, 2.75) is 32.2 Å². The van der Waals surface area contributed by atoms with Gasteiger partial charge in [-0.2, -0.15) is 5.10 Å². The molecule has 0 amide bonds. The molecule has 3 N–H and O–H groups in total. The number of aromatic nitrogens is 2. The summed E-state index contributed by atoms with van der Waals surface area (Å²) in [4.78, 5) is 0. The Morgan fingerprint density at radius 3 is 2.94 bits per heavy atom. The van der Waals surface area contributed by atoms with Gasteiger partial charge in [-0.25, -0.2) is 0 Å². The highest BCUT2D eigenvalue weighted by molar-refractivity contribution is 5.21. The molecule has 5 heteroatoms. The van der Waals surface area contributed by atoms with Crippen LogP contribution in [0.1, 0.15) is 37.1 Å². The first-order valence-electron chi connectivity index (χ1n) is 5.70. The second-order valence-corrected chi connectivity index (χ2v) is 3.91. The van der Waals surface area contributed by atoms with Gasteiger partial charge in [-0.1, -0.05) is 6.92 Å². The van der Waals surface area contributed by atoms with E-state index in [2.05, 4.69) is 17.4 Å². The SMILES string of the molecule is CCc1nn(C)cc1C(CCCOC)NN. The molecule has 0 bridgehead atoms. The number of hydrazine groups is 1. The Morgan fingerprint density at radius 2 is 2.38 bits per heavy atom. The Morgan fingerprint density at radius 1 is 1.62 bits per heavy atom. The highest BCUT2D eigenvalue weighted by Gasteiger charge is 2.15. The number of ether oxygens (including phenoxy) is 1. The highest BCUT2D eigenvalue weighted by Crippen LogP contribution is 2.21. The number of aryl methyl sites for hydroxylation is 2. The first-order valence-corrected chi connectivity index (χ1v) is 5.70. The summed E-state index contributed by atoms with van der Waals surface area (Å²) in [6, 6.07) is 0.166. The van der Waals surface area contributed by atoms with Gasteiger partial charge in [0.15, 0.2) is 0 Å². The van der Waals surface area contributed by atoms with Crippen LogP contribution in [-0.2, 0) is 18.2 Å². The topological polar surface area (TPSA) is 65.1 Å². The molecule has 0 aliphatic carbocycles. The summed E-state index contributed by atoms with van der Waals surface area (Å²) in [7, 11) is 3.65. The summed E-state index contributed by atoms with van der Waals surface area (Å²) in [6.07, 6.45) is 4.92. The standard InChI is InChI=1S/C11H22N4O/c1-4-10-9(8-15(2)14-10)11(13-12)6-5-7-16-3/h8,11,13H,4-7,12H2,1-3H3. The van der Waals surface area contributed by atoms with E-state index < -0.39 is 0 Å². The molecule has 1 aromatic heterocycles. The quantitative estimate of drug-likeness (QED) is 0.412. The van der Waals surface area contributed by atoms with E-state index >= 15 is 0 Å². The molecular formula is C11H22N4O. The molecule has 5 nitrogen and oxygen atoms in total. The van der Waals surface area contributed by atoms with Crippen LogP contribution in [0.3, 0.4) is 0 Å². The Kier molecular flexibility index (Phi) is 5.45. The number of nitrogens with zero attached hydrogens (tertiary/aromatic N) is 2. The van der Waals surface area contributed by atoms with Gasteiger partial charge in [-0.3, -0.25) is 16.0 Å². The van der Waals surface area contributed by atoms with Crippen LogP contribution < -0.4 is 11.3 Å². The van der Waals surface area contributed by atoms with E-state index in [1.165, 1.54) is 5.56 Å². The predicted molar refractivity (Wildman–Crippen MR) is 63.8 cm³/mol. The van der Waals surface area contributed by atoms with E-state index in [4.69, 9.17) is 10.6 Å². The summed E-state index contributed by atoms with van der Waals surface area (Å²) in [5.74, 6) is 5.59. The van der Waals surface area contributed by atoms with Crippen molar-refractivity contribution in [3.63, 3.8) is 0 Å². The first-order chi connectivity index (χ1) is 7.72. The van der Waals surface area contributed by atoms with Gasteiger partial charge in [-0.05, 0) is 19.3 Å². The maximum absolute atomic E-state index is 5.59. The van der Waals surface area contributed by atoms with Crippen molar-refractivity contribution in [1.29, 1.82) is 0 Å². The molecule has 0 saturated carbocycles. The molecule has 16 heavy (non-hydrogen) atoms. The lowest BCUT2D eigenvalue weighted by atomic mass is 10.0. The number of hydrogen-bond acceptors (Lipinski definition) is 4. The van der Waals surface area contributed by atoms with Gasteiger partial charge in [0.05, 0.1) is 5.69 Å². The van der Waals surface area contributed by atoms with Gasteiger partial charge < -0.3 is 4.74 Å². The van der Waals surface area contributed by atoms with Crippen LogP contribution in [0.15, 0.2) is 6.20 Å². The van der Waals surface area contributed by atoms with Gasteiger partial charge in [0.2, 0.25) is 0 Å². The summed E-state index contributed by atoms with van der Waals surface area (Å²) in [5.41, 5.74) is 5.17. The van der Waals surface area contributed by atoms with E-state index in [1.54, 1.807) is 7.11 Å².